The van der Waals surface area contributed by atoms with Crippen molar-refractivity contribution in [1.82, 2.24) is 20.2 Å². The van der Waals surface area contributed by atoms with Gasteiger partial charge in [0, 0.05) is 15.7 Å². The predicted octanol–water partition coefficient (Wildman–Crippen LogP) is 3.73. The van der Waals surface area contributed by atoms with Crippen LogP contribution in [0.3, 0.4) is 0 Å². The Hall–Kier alpha value is -1.37. The zero-order valence-electron chi connectivity index (χ0n) is 10.4. The van der Waals surface area contributed by atoms with Crippen LogP contribution >= 0.6 is 34.7 Å². The van der Waals surface area contributed by atoms with E-state index < -0.39 is 0 Å². The third-order valence-electron chi connectivity index (χ3n) is 2.67. The first kappa shape index (κ1) is 13.6. The summed E-state index contributed by atoms with van der Waals surface area (Å²) in [6.07, 6.45) is 0. The summed E-state index contributed by atoms with van der Waals surface area (Å²) >= 11 is 9.20. The Bertz CT molecular complexity index is 664. The highest BCUT2D eigenvalue weighted by atomic mass is 35.5. The first-order chi connectivity index (χ1) is 9.81. The van der Waals surface area contributed by atoms with E-state index in [1.54, 1.807) is 23.1 Å². The van der Waals surface area contributed by atoms with E-state index in [2.05, 4.69) is 27.0 Å². The molecule has 0 fully saturated rings. The molecule has 2 aromatic heterocycles. The molecule has 7 heteroatoms. The topological polar surface area (TPSA) is 43.6 Å². The van der Waals surface area contributed by atoms with Crippen molar-refractivity contribution in [1.29, 1.82) is 0 Å². The van der Waals surface area contributed by atoms with E-state index in [-0.39, 0.29) is 0 Å². The lowest BCUT2D eigenvalue weighted by Crippen LogP contribution is -2.02. The molecule has 1 aromatic carbocycles. The average Bonchev–Trinajstić information content (AvgIpc) is 3.11. The Morgan fingerprint density at radius 2 is 2.05 bits per heavy atom. The maximum atomic E-state index is 5.87. The van der Waals surface area contributed by atoms with Gasteiger partial charge in [0.15, 0.2) is 0 Å². The molecule has 3 aromatic rings. The standard InChI is InChI=1S/C13H11ClN4S2/c14-11-5-3-10(4-6-11)9-20-13-15-16-17-18(13)8-12-2-1-7-19-12/h1-7H,8-9H2. The maximum absolute atomic E-state index is 5.87. The summed E-state index contributed by atoms with van der Waals surface area (Å²) in [5.74, 6) is 0.821. The van der Waals surface area contributed by atoms with Gasteiger partial charge in [0.1, 0.15) is 0 Å². The van der Waals surface area contributed by atoms with E-state index in [1.165, 1.54) is 10.4 Å². The number of tetrazole rings is 1. The second-order valence-corrected chi connectivity index (χ2v) is 6.52. The van der Waals surface area contributed by atoms with Crippen LogP contribution < -0.4 is 0 Å². The summed E-state index contributed by atoms with van der Waals surface area (Å²) in [6.45, 7) is 0.716. The van der Waals surface area contributed by atoms with Crippen LogP contribution in [-0.4, -0.2) is 20.2 Å². The normalized spacial score (nSPS) is 10.8. The molecule has 2 heterocycles. The van der Waals surface area contributed by atoms with Crippen LogP contribution in [0, 0.1) is 0 Å². The van der Waals surface area contributed by atoms with E-state index in [4.69, 9.17) is 11.6 Å². The SMILES string of the molecule is Clc1ccc(CSc2nnnn2Cc2cccs2)cc1. The molecule has 0 atom stereocenters. The lowest BCUT2D eigenvalue weighted by Gasteiger charge is -2.03. The van der Waals surface area contributed by atoms with Crippen LogP contribution in [0.4, 0.5) is 0 Å². The highest BCUT2D eigenvalue weighted by Crippen LogP contribution is 2.22. The van der Waals surface area contributed by atoms with E-state index in [9.17, 15) is 0 Å². The maximum Gasteiger partial charge on any atom is 0.209 e. The lowest BCUT2D eigenvalue weighted by atomic mass is 10.2. The molecule has 0 amide bonds. The van der Waals surface area contributed by atoms with Crippen molar-refractivity contribution in [2.24, 2.45) is 0 Å². The molecule has 0 bridgehead atoms. The van der Waals surface area contributed by atoms with Gasteiger partial charge < -0.3 is 0 Å². The fourth-order valence-electron chi connectivity index (χ4n) is 1.68. The van der Waals surface area contributed by atoms with Gasteiger partial charge in [0.05, 0.1) is 6.54 Å². The molecule has 0 aliphatic rings. The van der Waals surface area contributed by atoms with Crippen LogP contribution in [0.5, 0.6) is 0 Å². The summed E-state index contributed by atoms with van der Waals surface area (Å²) in [4.78, 5) is 1.24. The molecule has 0 N–H and O–H groups in total. The van der Waals surface area contributed by atoms with E-state index in [0.717, 1.165) is 15.9 Å². The predicted molar refractivity (Wildman–Crippen MR) is 82.3 cm³/mol. The van der Waals surface area contributed by atoms with Crippen molar-refractivity contribution >= 4 is 34.7 Å². The van der Waals surface area contributed by atoms with Gasteiger partial charge in [0.2, 0.25) is 5.16 Å². The third kappa shape index (κ3) is 3.39. The van der Waals surface area contributed by atoms with Gasteiger partial charge in [-0.05, 0) is 39.6 Å². The number of thioether (sulfide) groups is 1. The summed E-state index contributed by atoms with van der Waals surface area (Å²) in [7, 11) is 0. The number of benzene rings is 1. The monoisotopic (exact) mass is 322 g/mol. The highest BCUT2D eigenvalue weighted by molar-refractivity contribution is 7.98. The molecule has 0 aliphatic carbocycles. The summed E-state index contributed by atoms with van der Waals surface area (Å²) < 4.78 is 1.83. The van der Waals surface area contributed by atoms with E-state index in [1.807, 2.05) is 35.0 Å². The first-order valence-electron chi connectivity index (χ1n) is 5.97. The van der Waals surface area contributed by atoms with Crippen molar-refractivity contribution in [3.63, 3.8) is 0 Å². The molecule has 0 spiro atoms. The summed E-state index contributed by atoms with van der Waals surface area (Å²) in [5.41, 5.74) is 1.20. The van der Waals surface area contributed by atoms with Crippen LogP contribution in [0.2, 0.25) is 5.02 Å². The Balaban J connectivity index is 1.66. The van der Waals surface area contributed by atoms with Gasteiger partial charge in [-0.3, -0.25) is 0 Å². The number of hydrogen-bond acceptors (Lipinski definition) is 5. The van der Waals surface area contributed by atoms with Gasteiger partial charge in [-0.1, -0.05) is 41.6 Å². The number of thiophene rings is 1. The quantitative estimate of drug-likeness (QED) is 0.671. The molecule has 0 saturated carbocycles. The van der Waals surface area contributed by atoms with Crippen LogP contribution in [0.25, 0.3) is 0 Å². The summed E-state index contributed by atoms with van der Waals surface area (Å²) in [5, 5.41) is 15.5. The van der Waals surface area contributed by atoms with Crippen molar-refractivity contribution in [3.8, 4) is 0 Å². The van der Waals surface area contributed by atoms with Crippen molar-refractivity contribution in [2.75, 3.05) is 0 Å². The van der Waals surface area contributed by atoms with Crippen LogP contribution in [0.15, 0.2) is 46.9 Å². The molecule has 0 unspecified atom stereocenters. The third-order valence-corrected chi connectivity index (χ3v) is 4.81. The van der Waals surface area contributed by atoms with E-state index in [0.29, 0.717) is 6.54 Å². The Morgan fingerprint density at radius 3 is 2.80 bits per heavy atom. The molecule has 102 valence electrons. The zero-order chi connectivity index (χ0) is 13.8. The zero-order valence-corrected chi connectivity index (χ0v) is 12.8. The van der Waals surface area contributed by atoms with Crippen LogP contribution in [0.1, 0.15) is 10.4 Å². The Morgan fingerprint density at radius 1 is 1.20 bits per heavy atom. The highest BCUT2D eigenvalue weighted by Gasteiger charge is 2.08. The molecule has 0 radical (unpaired) electrons. The largest absolute Gasteiger partial charge is 0.215 e. The number of halogens is 1. The molecule has 0 aliphatic heterocycles. The molecule has 3 rings (SSSR count). The number of rotatable bonds is 5. The minimum atomic E-state index is 0.716. The van der Waals surface area contributed by atoms with Crippen LogP contribution in [-0.2, 0) is 12.3 Å². The Kier molecular flexibility index (Phi) is 4.34. The second-order valence-electron chi connectivity index (χ2n) is 4.11. The summed E-state index contributed by atoms with van der Waals surface area (Å²) in [6, 6.07) is 11.9. The van der Waals surface area contributed by atoms with Gasteiger partial charge in [-0.25, -0.2) is 4.68 Å². The first-order valence-corrected chi connectivity index (χ1v) is 8.21. The van der Waals surface area contributed by atoms with Crippen molar-refractivity contribution in [2.45, 2.75) is 17.5 Å². The van der Waals surface area contributed by atoms with Crippen molar-refractivity contribution < 1.29 is 0 Å². The molecular formula is C13H11ClN4S2. The van der Waals surface area contributed by atoms with Gasteiger partial charge in [0.25, 0.3) is 0 Å². The smallest absolute Gasteiger partial charge is 0.209 e. The van der Waals surface area contributed by atoms with Gasteiger partial charge in [-0.15, -0.1) is 16.4 Å². The number of hydrogen-bond donors (Lipinski definition) is 0. The number of aromatic nitrogens is 4. The molecular weight excluding hydrogens is 312 g/mol. The lowest BCUT2D eigenvalue weighted by molar-refractivity contribution is 0.608. The molecule has 20 heavy (non-hydrogen) atoms. The number of nitrogens with zero attached hydrogens (tertiary/aromatic N) is 4. The fraction of sp³-hybridized carbons (Fsp3) is 0.154. The second kappa shape index (κ2) is 6.39. The van der Waals surface area contributed by atoms with Gasteiger partial charge in [-0.2, -0.15) is 0 Å². The minimum Gasteiger partial charge on any atom is -0.215 e. The average molecular weight is 323 g/mol. The minimum absolute atomic E-state index is 0.716. The fourth-order valence-corrected chi connectivity index (χ4v) is 3.32. The van der Waals surface area contributed by atoms with Crippen molar-refractivity contribution in [3.05, 3.63) is 57.2 Å². The molecule has 4 nitrogen and oxygen atoms in total. The Labute approximate surface area is 129 Å². The van der Waals surface area contributed by atoms with Gasteiger partial charge >= 0.3 is 0 Å². The molecule has 0 saturated heterocycles. The van der Waals surface area contributed by atoms with E-state index >= 15 is 0 Å².